The normalized spacial score (nSPS) is 15.8. The highest BCUT2D eigenvalue weighted by Gasteiger charge is 2.26. The largest absolute Gasteiger partial charge is 0.480 e. The van der Waals surface area contributed by atoms with Gasteiger partial charge in [0, 0.05) is 6.54 Å². The van der Waals surface area contributed by atoms with E-state index in [1.54, 1.807) is 0 Å². The lowest BCUT2D eigenvalue weighted by Gasteiger charge is -2.18. The molecule has 0 fully saturated rings. The van der Waals surface area contributed by atoms with E-state index in [1.165, 1.54) is 6.92 Å². The number of aliphatic imine (C=N–C) groups is 1. The number of carboxylic acid groups (broad SMARTS) is 1. The van der Waals surface area contributed by atoms with E-state index in [4.69, 9.17) is 22.4 Å². The molecule has 0 aliphatic heterocycles. The smallest absolute Gasteiger partial charge is 0.323 e. The van der Waals surface area contributed by atoms with E-state index in [0.29, 0.717) is 19.4 Å². The van der Waals surface area contributed by atoms with Crippen molar-refractivity contribution in [3.8, 4) is 0 Å². The van der Waals surface area contributed by atoms with Crippen LogP contribution in [-0.4, -0.2) is 29.1 Å². The molecule has 0 aromatic rings. The quantitative estimate of drug-likeness (QED) is 0.124. The van der Waals surface area contributed by atoms with Gasteiger partial charge in [0.05, 0.1) is 0 Å². The number of nitrogens with one attached hydrogen (secondary N) is 1. The molecule has 88 valence electrons. The molecule has 0 radical (unpaired) electrons. The van der Waals surface area contributed by atoms with Crippen molar-refractivity contribution in [2.75, 3.05) is 6.54 Å². The van der Waals surface area contributed by atoms with Gasteiger partial charge in [-0.05, 0) is 26.2 Å². The Bertz CT molecular complexity index is 239. The number of aliphatic carboxylic acids is 1. The average Bonchev–Trinajstić information content (AvgIpc) is 2.16. The molecule has 1 atom stereocenters. The van der Waals surface area contributed by atoms with Crippen LogP contribution in [0.1, 0.15) is 26.2 Å². The van der Waals surface area contributed by atoms with Crippen LogP contribution in [0.3, 0.4) is 0 Å². The van der Waals surface area contributed by atoms with Crippen LogP contribution in [0.5, 0.6) is 0 Å². The number of unbranched alkanes of at least 4 members (excludes halogenated alkanes) is 1. The third kappa shape index (κ3) is 5.87. The van der Waals surface area contributed by atoms with Crippen molar-refractivity contribution in [1.29, 1.82) is 0 Å². The summed E-state index contributed by atoms with van der Waals surface area (Å²) in [7, 11) is 0. The molecule has 0 aliphatic carbocycles. The van der Waals surface area contributed by atoms with Crippen LogP contribution in [-0.2, 0) is 4.79 Å². The van der Waals surface area contributed by atoms with Gasteiger partial charge in [0.15, 0.2) is 0 Å². The number of hydrazine groups is 1. The monoisotopic (exact) mass is 217 g/mol. The summed E-state index contributed by atoms with van der Waals surface area (Å²) in [6.45, 7) is 2.00. The van der Waals surface area contributed by atoms with E-state index >= 15 is 0 Å². The lowest BCUT2D eigenvalue weighted by atomic mass is 9.96. The number of carbonyl (C=O) groups is 1. The van der Waals surface area contributed by atoms with Gasteiger partial charge in [0.25, 0.3) is 0 Å². The van der Waals surface area contributed by atoms with E-state index in [0.717, 1.165) is 6.42 Å². The maximum absolute atomic E-state index is 10.6. The van der Waals surface area contributed by atoms with E-state index in [1.807, 2.05) is 0 Å². The highest BCUT2D eigenvalue weighted by atomic mass is 16.4. The average molecular weight is 217 g/mol. The van der Waals surface area contributed by atoms with Gasteiger partial charge in [0.2, 0.25) is 5.96 Å². The van der Waals surface area contributed by atoms with Crippen molar-refractivity contribution in [2.45, 2.75) is 31.7 Å². The number of nitrogens with two attached hydrogens (primary N) is 3. The number of hydrogen-bond acceptors (Lipinski definition) is 4. The highest BCUT2D eigenvalue weighted by molar-refractivity contribution is 5.77. The Hall–Kier alpha value is -1.34. The van der Waals surface area contributed by atoms with Gasteiger partial charge < -0.3 is 16.6 Å². The van der Waals surface area contributed by atoms with Crippen LogP contribution in [0.25, 0.3) is 0 Å². The summed E-state index contributed by atoms with van der Waals surface area (Å²) < 4.78 is 0. The standard InChI is InChI=1S/C8H19N5O2/c1-8(10,6(14)15)4-2-3-5-12-7(9)13-11/h2-5,10-11H2,1H3,(H,14,15)(H3,9,12,13)/t8-/m0/s1. The van der Waals surface area contributed by atoms with Crippen LogP contribution in [0.4, 0.5) is 0 Å². The maximum Gasteiger partial charge on any atom is 0.323 e. The molecule has 7 nitrogen and oxygen atoms in total. The predicted octanol–water partition coefficient (Wildman–Crippen LogP) is -1.26. The number of guanidine groups is 1. The lowest BCUT2D eigenvalue weighted by Crippen LogP contribution is -2.44. The Morgan fingerprint density at radius 3 is 2.60 bits per heavy atom. The molecule has 0 spiro atoms. The summed E-state index contributed by atoms with van der Waals surface area (Å²) in [5.74, 6) is 4.17. The van der Waals surface area contributed by atoms with Crippen LogP contribution in [0.2, 0.25) is 0 Å². The zero-order chi connectivity index (χ0) is 11.9. The molecule has 0 saturated carbocycles. The minimum atomic E-state index is -1.17. The van der Waals surface area contributed by atoms with Crippen molar-refractivity contribution in [2.24, 2.45) is 22.3 Å². The molecule has 0 aliphatic rings. The first kappa shape index (κ1) is 13.7. The van der Waals surface area contributed by atoms with Crippen molar-refractivity contribution < 1.29 is 9.90 Å². The van der Waals surface area contributed by atoms with Crippen LogP contribution in [0.15, 0.2) is 4.99 Å². The SMILES string of the molecule is C[C@](N)(CCCCN=C(N)NN)C(=O)O. The summed E-state index contributed by atoms with van der Waals surface area (Å²) in [4.78, 5) is 14.5. The molecule has 0 unspecified atom stereocenters. The summed E-state index contributed by atoms with van der Waals surface area (Å²) in [5, 5.41) is 8.72. The molecule has 0 amide bonds. The molecule has 0 aromatic carbocycles. The first-order valence-electron chi connectivity index (χ1n) is 4.69. The van der Waals surface area contributed by atoms with Gasteiger partial charge >= 0.3 is 5.97 Å². The number of nitrogens with zero attached hydrogens (tertiary/aromatic N) is 1. The molecule has 15 heavy (non-hydrogen) atoms. The fraction of sp³-hybridized carbons (Fsp3) is 0.750. The molecule has 0 saturated heterocycles. The van der Waals surface area contributed by atoms with Crippen LogP contribution >= 0.6 is 0 Å². The lowest BCUT2D eigenvalue weighted by molar-refractivity contribution is -0.142. The molecule has 8 N–H and O–H groups in total. The number of rotatable bonds is 6. The van der Waals surface area contributed by atoms with Gasteiger partial charge in [-0.15, -0.1) is 0 Å². The molecule has 0 bridgehead atoms. The maximum atomic E-state index is 10.6. The third-order valence-corrected chi connectivity index (χ3v) is 2.02. The Labute approximate surface area is 88.7 Å². The second kappa shape index (κ2) is 6.20. The summed E-state index contributed by atoms with van der Waals surface area (Å²) >= 11 is 0. The molecular formula is C8H19N5O2. The predicted molar refractivity (Wildman–Crippen MR) is 57.9 cm³/mol. The number of carboxylic acids is 1. The van der Waals surface area contributed by atoms with Gasteiger partial charge in [0.1, 0.15) is 5.54 Å². The number of hydrogen-bond donors (Lipinski definition) is 5. The Kier molecular flexibility index (Phi) is 5.65. The third-order valence-electron chi connectivity index (χ3n) is 2.02. The zero-order valence-electron chi connectivity index (χ0n) is 8.86. The molecule has 0 rings (SSSR count). The fourth-order valence-electron chi connectivity index (χ4n) is 0.956. The Morgan fingerprint density at radius 1 is 1.53 bits per heavy atom. The second-order valence-corrected chi connectivity index (χ2v) is 3.59. The van der Waals surface area contributed by atoms with Gasteiger partial charge in [-0.25, -0.2) is 5.84 Å². The van der Waals surface area contributed by atoms with Crippen LogP contribution in [0, 0.1) is 0 Å². The Morgan fingerprint density at radius 2 is 2.13 bits per heavy atom. The van der Waals surface area contributed by atoms with E-state index in [-0.39, 0.29) is 5.96 Å². The molecule has 0 heterocycles. The minimum Gasteiger partial charge on any atom is -0.480 e. The van der Waals surface area contributed by atoms with E-state index < -0.39 is 11.5 Å². The van der Waals surface area contributed by atoms with Gasteiger partial charge in [-0.1, -0.05) is 0 Å². The fourth-order valence-corrected chi connectivity index (χ4v) is 0.956. The van der Waals surface area contributed by atoms with E-state index in [9.17, 15) is 4.79 Å². The van der Waals surface area contributed by atoms with Crippen molar-refractivity contribution >= 4 is 11.9 Å². The van der Waals surface area contributed by atoms with Gasteiger partial charge in [-0.2, -0.15) is 0 Å². The van der Waals surface area contributed by atoms with Crippen molar-refractivity contribution in [3.05, 3.63) is 0 Å². The zero-order valence-corrected chi connectivity index (χ0v) is 8.86. The second-order valence-electron chi connectivity index (χ2n) is 3.59. The highest BCUT2D eigenvalue weighted by Crippen LogP contribution is 2.10. The van der Waals surface area contributed by atoms with Crippen molar-refractivity contribution in [1.82, 2.24) is 5.43 Å². The Balaban J connectivity index is 3.68. The summed E-state index contributed by atoms with van der Waals surface area (Å²) in [6, 6.07) is 0. The first-order valence-corrected chi connectivity index (χ1v) is 4.69. The molecule has 0 aromatic heterocycles. The minimum absolute atomic E-state index is 0.170. The van der Waals surface area contributed by atoms with Gasteiger partial charge in [-0.3, -0.25) is 15.2 Å². The first-order chi connectivity index (χ1) is 6.90. The molecular weight excluding hydrogens is 198 g/mol. The summed E-state index contributed by atoms with van der Waals surface area (Å²) in [5.41, 5.74) is 11.9. The summed E-state index contributed by atoms with van der Waals surface area (Å²) in [6.07, 6.45) is 1.82. The van der Waals surface area contributed by atoms with E-state index in [2.05, 4.69) is 10.4 Å². The van der Waals surface area contributed by atoms with Crippen molar-refractivity contribution in [3.63, 3.8) is 0 Å². The molecule has 7 heteroatoms. The van der Waals surface area contributed by atoms with Crippen LogP contribution < -0.4 is 22.7 Å². The topological polar surface area (TPSA) is 140 Å².